The minimum absolute atomic E-state index is 0.0968. The van der Waals surface area contributed by atoms with Crippen molar-refractivity contribution in [2.45, 2.75) is 64.1 Å². The van der Waals surface area contributed by atoms with Gasteiger partial charge in [0.1, 0.15) is 5.60 Å². The van der Waals surface area contributed by atoms with Crippen LogP contribution in [-0.2, 0) is 4.74 Å². The Labute approximate surface area is 147 Å². The molecule has 0 radical (unpaired) electrons. The number of rotatable bonds is 1. The summed E-state index contributed by atoms with van der Waals surface area (Å²) in [4.78, 5) is 23.3. The number of hydrogen-bond acceptors (Lipinski definition) is 4. The first-order chi connectivity index (χ1) is 11.9. The molecule has 2 aromatic heterocycles. The summed E-state index contributed by atoms with van der Waals surface area (Å²) in [7, 11) is 0. The Hall–Kier alpha value is -2.37. The normalized spacial score (nSPS) is 23.5. The molecular weight excluding hydrogens is 316 g/mol. The summed E-state index contributed by atoms with van der Waals surface area (Å²) in [6, 6.07) is 2.20. The number of ether oxygens (including phenoxy) is 1. The van der Waals surface area contributed by atoms with Gasteiger partial charge in [0.25, 0.3) is 0 Å². The number of aromatic nitrogens is 3. The number of carbonyl (C=O) groups excluding carboxylic acids is 1. The van der Waals surface area contributed by atoms with E-state index in [4.69, 9.17) is 4.74 Å². The number of imidazole rings is 1. The van der Waals surface area contributed by atoms with Crippen LogP contribution < -0.4 is 0 Å². The van der Waals surface area contributed by atoms with E-state index in [9.17, 15) is 4.79 Å². The molecule has 4 rings (SSSR count). The SMILES string of the molecule is CC(C)(C)OC(=O)N1C2C=C(c3cnc4ncccn34)CC1CCC2. The van der Waals surface area contributed by atoms with Gasteiger partial charge in [0, 0.05) is 18.4 Å². The van der Waals surface area contributed by atoms with E-state index in [2.05, 4.69) is 16.0 Å². The molecule has 1 saturated heterocycles. The van der Waals surface area contributed by atoms with Gasteiger partial charge in [-0.3, -0.25) is 9.30 Å². The van der Waals surface area contributed by atoms with Crippen LogP contribution in [0.25, 0.3) is 11.4 Å². The highest BCUT2D eigenvalue weighted by Gasteiger charge is 2.39. The van der Waals surface area contributed by atoms with Crippen molar-refractivity contribution >= 4 is 17.4 Å². The summed E-state index contributed by atoms with van der Waals surface area (Å²) in [5.41, 5.74) is 1.85. The van der Waals surface area contributed by atoms with Crippen LogP contribution in [0, 0.1) is 0 Å². The minimum atomic E-state index is -0.470. The Bertz CT molecular complexity index is 833. The third kappa shape index (κ3) is 3.01. The van der Waals surface area contributed by atoms with Gasteiger partial charge in [-0.15, -0.1) is 0 Å². The van der Waals surface area contributed by atoms with Crippen LogP contribution in [0.2, 0.25) is 0 Å². The van der Waals surface area contributed by atoms with E-state index in [1.807, 2.05) is 48.5 Å². The molecule has 2 aliphatic rings. The summed E-state index contributed by atoms with van der Waals surface area (Å²) in [5, 5.41) is 0. The maximum Gasteiger partial charge on any atom is 0.411 e. The number of hydrogen-bond donors (Lipinski definition) is 0. The van der Waals surface area contributed by atoms with E-state index in [1.54, 1.807) is 6.20 Å². The van der Waals surface area contributed by atoms with Crippen LogP contribution in [0.3, 0.4) is 0 Å². The van der Waals surface area contributed by atoms with E-state index in [0.717, 1.165) is 31.4 Å². The van der Waals surface area contributed by atoms with E-state index in [1.165, 1.54) is 5.57 Å². The number of amides is 1. The third-order valence-corrected chi connectivity index (χ3v) is 4.86. The maximum atomic E-state index is 12.7. The summed E-state index contributed by atoms with van der Waals surface area (Å²) in [6.45, 7) is 5.74. The maximum absolute atomic E-state index is 12.7. The predicted molar refractivity (Wildman–Crippen MR) is 95.1 cm³/mol. The largest absolute Gasteiger partial charge is 0.444 e. The van der Waals surface area contributed by atoms with Gasteiger partial charge < -0.3 is 4.74 Å². The molecule has 1 amide bonds. The fourth-order valence-corrected chi connectivity index (χ4v) is 3.88. The van der Waals surface area contributed by atoms with Gasteiger partial charge in [0.15, 0.2) is 0 Å². The van der Waals surface area contributed by atoms with E-state index in [0.29, 0.717) is 5.78 Å². The molecule has 2 aliphatic heterocycles. The van der Waals surface area contributed by atoms with Gasteiger partial charge in [-0.25, -0.2) is 14.8 Å². The van der Waals surface area contributed by atoms with Crippen LogP contribution in [0.1, 0.15) is 52.1 Å². The molecule has 0 aromatic carbocycles. The molecule has 2 unspecified atom stereocenters. The fraction of sp³-hybridized carbons (Fsp3) is 0.526. The number of carbonyl (C=O) groups is 1. The number of fused-ring (bicyclic) bond motifs is 3. The van der Waals surface area contributed by atoms with Crippen LogP contribution in [0.5, 0.6) is 0 Å². The molecular formula is C19H24N4O2. The quantitative estimate of drug-likeness (QED) is 0.794. The molecule has 2 bridgehead atoms. The molecule has 132 valence electrons. The molecule has 2 aromatic rings. The van der Waals surface area contributed by atoms with Crippen molar-refractivity contribution in [3.63, 3.8) is 0 Å². The summed E-state index contributed by atoms with van der Waals surface area (Å²) in [6.07, 6.45) is 11.6. The Morgan fingerprint density at radius 2 is 2.12 bits per heavy atom. The van der Waals surface area contributed by atoms with Crippen molar-refractivity contribution in [1.29, 1.82) is 0 Å². The highest BCUT2D eigenvalue weighted by molar-refractivity contribution is 5.74. The highest BCUT2D eigenvalue weighted by atomic mass is 16.6. The number of nitrogens with zero attached hydrogens (tertiary/aromatic N) is 4. The summed E-state index contributed by atoms with van der Waals surface area (Å²) in [5.74, 6) is 0.707. The summed E-state index contributed by atoms with van der Waals surface area (Å²) >= 11 is 0. The van der Waals surface area contributed by atoms with Gasteiger partial charge in [-0.05, 0) is 58.1 Å². The van der Waals surface area contributed by atoms with E-state index >= 15 is 0 Å². The monoisotopic (exact) mass is 340 g/mol. The molecule has 0 N–H and O–H groups in total. The van der Waals surface area contributed by atoms with E-state index in [-0.39, 0.29) is 18.2 Å². The molecule has 4 heterocycles. The van der Waals surface area contributed by atoms with Crippen molar-refractivity contribution in [1.82, 2.24) is 19.3 Å². The molecule has 0 aliphatic carbocycles. The zero-order valence-corrected chi connectivity index (χ0v) is 15.0. The van der Waals surface area contributed by atoms with Crippen LogP contribution in [-0.4, -0.2) is 43.0 Å². The predicted octanol–water partition coefficient (Wildman–Crippen LogP) is 3.67. The van der Waals surface area contributed by atoms with Crippen molar-refractivity contribution in [2.24, 2.45) is 0 Å². The topological polar surface area (TPSA) is 59.7 Å². The third-order valence-electron chi connectivity index (χ3n) is 4.86. The van der Waals surface area contributed by atoms with Crippen LogP contribution >= 0.6 is 0 Å². The molecule has 6 heteroatoms. The molecule has 25 heavy (non-hydrogen) atoms. The standard InChI is InChI=1S/C19H24N4O2/c1-19(2,3)25-18(24)23-14-6-4-7-15(23)11-13(10-14)16-12-21-17-20-8-5-9-22(16)17/h5,8-10,12,14-15H,4,6-7,11H2,1-3H3. The first-order valence-electron chi connectivity index (χ1n) is 8.93. The first kappa shape index (κ1) is 16.1. The van der Waals surface area contributed by atoms with Crippen molar-refractivity contribution in [3.05, 3.63) is 36.4 Å². The highest BCUT2D eigenvalue weighted by Crippen LogP contribution is 2.37. The van der Waals surface area contributed by atoms with E-state index < -0.39 is 5.60 Å². The lowest BCUT2D eigenvalue weighted by molar-refractivity contribution is 0.0000645. The number of piperidine rings is 1. The van der Waals surface area contributed by atoms with Gasteiger partial charge >= 0.3 is 6.09 Å². The lowest BCUT2D eigenvalue weighted by Crippen LogP contribution is -2.53. The van der Waals surface area contributed by atoms with Crippen LogP contribution in [0.4, 0.5) is 4.79 Å². The summed E-state index contributed by atoms with van der Waals surface area (Å²) < 4.78 is 7.66. The van der Waals surface area contributed by atoms with Crippen LogP contribution in [0.15, 0.2) is 30.7 Å². The second kappa shape index (κ2) is 5.86. The lowest BCUT2D eigenvalue weighted by Gasteiger charge is -2.45. The Kier molecular flexibility index (Phi) is 3.78. The Balaban J connectivity index is 1.66. The van der Waals surface area contributed by atoms with Crippen molar-refractivity contribution < 1.29 is 9.53 Å². The average molecular weight is 340 g/mol. The Morgan fingerprint density at radius 1 is 1.28 bits per heavy atom. The smallest absolute Gasteiger partial charge is 0.411 e. The second-order valence-electron chi connectivity index (χ2n) is 7.87. The van der Waals surface area contributed by atoms with Gasteiger partial charge in [-0.2, -0.15) is 0 Å². The fourth-order valence-electron chi connectivity index (χ4n) is 3.88. The molecule has 0 spiro atoms. The van der Waals surface area contributed by atoms with Crippen molar-refractivity contribution in [2.75, 3.05) is 0 Å². The minimum Gasteiger partial charge on any atom is -0.444 e. The zero-order valence-electron chi connectivity index (χ0n) is 15.0. The first-order valence-corrected chi connectivity index (χ1v) is 8.93. The lowest BCUT2D eigenvalue weighted by atomic mass is 9.84. The van der Waals surface area contributed by atoms with Gasteiger partial charge in [-0.1, -0.05) is 6.08 Å². The molecule has 6 nitrogen and oxygen atoms in total. The molecule has 1 fully saturated rings. The van der Waals surface area contributed by atoms with Gasteiger partial charge in [0.05, 0.1) is 17.9 Å². The Morgan fingerprint density at radius 3 is 2.88 bits per heavy atom. The molecule has 0 saturated carbocycles. The van der Waals surface area contributed by atoms with Gasteiger partial charge in [0.2, 0.25) is 5.78 Å². The average Bonchev–Trinajstić information content (AvgIpc) is 2.96. The second-order valence-corrected chi connectivity index (χ2v) is 7.87. The van der Waals surface area contributed by atoms with Crippen molar-refractivity contribution in [3.8, 4) is 0 Å². The molecule has 2 atom stereocenters. The zero-order chi connectivity index (χ0) is 17.6.